The number of nitrogens with zero attached hydrogens (tertiary/aromatic N) is 1. The van der Waals surface area contributed by atoms with Crippen molar-refractivity contribution in [3.63, 3.8) is 0 Å². The maximum atomic E-state index is 11.7. The lowest BCUT2D eigenvalue weighted by molar-refractivity contribution is 0.146. The summed E-state index contributed by atoms with van der Waals surface area (Å²) in [4.78, 5) is 15.9. The average molecular weight is 348 g/mol. The third-order valence-electron chi connectivity index (χ3n) is 4.12. The molecule has 1 aliphatic carbocycles. The number of hydrogen-bond donors (Lipinski definition) is 3. The van der Waals surface area contributed by atoms with Crippen molar-refractivity contribution in [1.29, 1.82) is 0 Å². The summed E-state index contributed by atoms with van der Waals surface area (Å²) in [7, 11) is 3.38. The number of aliphatic imine (C=N–C) groups is 1. The Balaban J connectivity index is 1.83. The Labute approximate surface area is 149 Å². The quantitative estimate of drug-likeness (QED) is 0.493. The largest absolute Gasteiger partial charge is 0.496 e. The fraction of sp³-hybridized carbons (Fsp3) is 0.556. The standard InChI is InChI=1S/C18H28N4O3/c1-4-25-18(23)22-15(13-9-10-13)12-21-17(19-2)20-11-14-7-5-6-8-16(14)24-3/h5-8,13,15H,4,9-12H2,1-3H3,(H,22,23)(H2,19,20,21). The van der Waals surface area contributed by atoms with Crippen molar-refractivity contribution in [2.75, 3.05) is 27.3 Å². The van der Waals surface area contributed by atoms with E-state index in [1.54, 1.807) is 21.1 Å². The maximum absolute atomic E-state index is 11.7. The summed E-state index contributed by atoms with van der Waals surface area (Å²) in [6, 6.07) is 7.90. The smallest absolute Gasteiger partial charge is 0.407 e. The minimum absolute atomic E-state index is 0.0452. The number of para-hydroxylation sites is 1. The van der Waals surface area contributed by atoms with Crippen LogP contribution in [0.4, 0.5) is 4.79 Å². The van der Waals surface area contributed by atoms with E-state index >= 15 is 0 Å². The van der Waals surface area contributed by atoms with Crippen LogP contribution in [0.3, 0.4) is 0 Å². The highest BCUT2D eigenvalue weighted by Crippen LogP contribution is 2.32. The molecule has 25 heavy (non-hydrogen) atoms. The highest BCUT2D eigenvalue weighted by atomic mass is 16.5. The lowest BCUT2D eigenvalue weighted by atomic mass is 10.2. The normalized spacial score (nSPS) is 15.2. The van der Waals surface area contributed by atoms with Crippen LogP contribution < -0.4 is 20.7 Å². The number of carbonyl (C=O) groups excluding carboxylic acids is 1. The van der Waals surface area contributed by atoms with Crippen LogP contribution in [0.25, 0.3) is 0 Å². The van der Waals surface area contributed by atoms with Crippen LogP contribution in [0.5, 0.6) is 5.75 Å². The lowest BCUT2D eigenvalue weighted by Crippen LogP contribution is -2.48. The van der Waals surface area contributed by atoms with Crippen molar-refractivity contribution in [1.82, 2.24) is 16.0 Å². The molecule has 7 nitrogen and oxygen atoms in total. The fourth-order valence-corrected chi connectivity index (χ4v) is 2.61. The molecule has 7 heteroatoms. The number of hydrogen-bond acceptors (Lipinski definition) is 4. The van der Waals surface area contributed by atoms with Gasteiger partial charge in [-0.1, -0.05) is 18.2 Å². The second-order valence-corrected chi connectivity index (χ2v) is 5.93. The van der Waals surface area contributed by atoms with E-state index in [-0.39, 0.29) is 12.1 Å². The number of rotatable bonds is 8. The number of amides is 1. The molecule has 1 saturated carbocycles. The Morgan fingerprint density at radius 1 is 1.32 bits per heavy atom. The first kappa shape index (κ1) is 18.9. The molecule has 1 fully saturated rings. The van der Waals surface area contributed by atoms with E-state index in [0.29, 0.717) is 31.6 Å². The molecule has 138 valence electrons. The molecule has 0 heterocycles. The Morgan fingerprint density at radius 3 is 2.72 bits per heavy atom. The third-order valence-corrected chi connectivity index (χ3v) is 4.12. The van der Waals surface area contributed by atoms with E-state index in [9.17, 15) is 4.79 Å². The highest BCUT2D eigenvalue weighted by Gasteiger charge is 2.32. The monoisotopic (exact) mass is 348 g/mol. The van der Waals surface area contributed by atoms with E-state index in [1.807, 2.05) is 24.3 Å². The second kappa shape index (κ2) is 9.76. The summed E-state index contributed by atoms with van der Waals surface area (Å²) in [6.45, 7) is 3.38. The Hall–Kier alpha value is -2.44. The van der Waals surface area contributed by atoms with Crippen LogP contribution in [0.1, 0.15) is 25.3 Å². The molecule has 3 N–H and O–H groups in total. The van der Waals surface area contributed by atoms with Gasteiger partial charge in [0.05, 0.1) is 19.8 Å². The zero-order valence-electron chi connectivity index (χ0n) is 15.2. The molecule has 0 bridgehead atoms. The van der Waals surface area contributed by atoms with Crippen LogP contribution in [-0.2, 0) is 11.3 Å². The lowest BCUT2D eigenvalue weighted by Gasteiger charge is -2.20. The van der Waals surface area contributed by atoms with Gasteiger partial charge in [0.1, 0.15) is 5.75 Å². The van der Waals surface area contributed by atoms with Crippen molar-refractivity contribution >= 4 is 12.1 Å². The first-order chi connectivity index (χ1) is 12.2. The molecular formula is C18H28N4O3. The van der Waals surface area contributed by atoms with E-state index in [4.69, 9.17) is 9.47 Å². The topological polar surface area (TPSA) is 84.0 Å². The van der Waals surface area contributed by atoms with Crippen molar-refractivity contribution in [2.45, 2.75) is 32.4 Å². The van der Waals surface area contributed by atoms with Gasteiger partial charge in [-0.05, 0) is 31.7 Å². The van der Waals surface area contributed by atoms with Gasteiger partial charge in [-0.3, -0.25) is 4.99 Å². The number of ether oxygens (including phenoxy) is 2. The predicted molar refractivity (Wildman–Crippen MR) is 97.9 cm³/mol. The van der Waals surface area contributed by atoms with Crippen molar-refractivity contribution in [3.8, 4) is 5.75 Å². The van der Waals surface area contributed by atoms with Crippen LogP contribution >= 0.6 is 0 Å². The fourth-order valence-electron chi connectivity index (χ4n) is 2.61. The predicted octanol–water partition coefficient (Wildman–Crippen LogP) is 1.88. The molecule has 1 atom stereocenters. The molecule has 2 rings (SSSR count). The van der Waals surface area contributed by atoms with Gasteiger partial charge in [-0.2, -0.15) is 0 Å². The van der Waals surface area contributed by atoms with Gasteiger partial charge in [0, 0.05) is 25.7 Å². The molecule has 1 amide bonds. The van der Waals surface area contributed by atoms with Gasteiger partial charge < -0.3 is 25.4 Å². The first-order valence-electron chi connectivity index (χ1n) is 8.67. The summed E-state index contributed by atoms with van der Waals surface area (Å²) >= 11 is 0. The third kappa shape index (κ3) is 6.17. The zero-order chi connectivity index (χ0) is 18.1. The van der Waals surface area contributed by atoms with Gasteiger partial charge in [0.2, 0.25) is 0 Å². The molecule has 0 aliphatic heterocycles. The molecule has 1 unspecified atom stereocenters. The van der Waals surface area contributed by atoms with Crippen molar-refractivity contribution < 1.29 is 14.3 Å². The minimum Gasteiger partial charge on any atom is -0.496 e. The van der Waals surface area contributed by atoms with Crippen molar-refractivity contribution in [3.05, 3.63) is 29.8 Å². The number of alkyl carbamates (subject to hydrolysis) is 1. The molecule has 0 spiro atoms. The molecule has 1 aliphatic rings. The van der Waals surface area contributed by atoms with E-state index in [0.717, 1.165) is 24.2 Å². The first-order valence-corrected chi connectivity index (χ1v) is 8.67. The number of nitrogens with one attached hydrogen (secondary N) is 3. The van der Waals surface area contributed by atoms with E-state index < -0.39 is 0 Å². The summed E-state index contributed by atoms with van der Waals surface area (Å²) in [6.07, 6.45) is 1.90. The zero-order valence-corrected chi connectivity index (χ0v) is 15.2. The molecular weight excluding hydrogens is 320 g/mol. The Bertz CT molecular complexity index is 587. The summed E-state index contributed by atoms with van der Waals surface area (Å²) in [5, 5.41) is 9.47. The Kier molecular flexibility index (Phi) is 7.37. The molecule has 0 aromatic heterocycles. The van der Waals surface area contributed by atoms with Gasteiger partial charge in [-0.15, -0.1) is 0 Å². The van der Waals surface area contributed by atoms with Gasteiger partial charge >= 0.3 is 6.09 Å². The van der Waals surface area contributed by atoms with Gasteiger partial charge in [0.25, 0.3) is 0 Å². The van der Waals surface area contributed by atoms with Crippen LogP contribution in [0, 0.1) is 5.92 Å². The summed E-state index contributed by atoms with van der Waals surface area (Å²) in [5.41, 5.74) is 1.05. The molecule has 1 aromatic carbocycles. The maximum Gasteiger partial charge on any atom is 0.407 e. The van der Waals surface area contributed by atoms with Gasteiger partial charge in [0.15, 0.2) is 5.96 Å². The van der Waals surface area contributed by atoms with Gasteiger partial charge in [-0.25, -0.2) is 4.79 Å². The number of guanidine groups is 1. The number of benzene rings is 1. The minimum atomic E-state index is -0.363. The average Bonchev–Trinajstić information content (AvgIpc) is 3.46. The van der Waals surface area contributed by atoms with Crippen LogP contribution in [-0.4, -0.2) is 45.4 Å². The SMILES string of the molecule is CCOC(=O)NC(CNC(=NC)NCc1ccccc1OC)C1CC1. The highest BCUT2D eigenvalue weighted by molar-refractivity contribution is 5.79. The van der Waals surface area contributed by atoms with Crippen LogP contribution in [0.2, 0.25) is 0 Å². The molecule has 0 radical (unpaired) electrons. The van der Waals surface area contributed by atoms with E-state index in [2.05, 4.69) is 20.9 Å². The second-order valence-electron chi connectivity index (χ2n) is 5.93. The van der Waals surface area contributed by atoms with Crippen molar-refractivity contribution in [2.24, 2.45) is 10.9 Å². The number of methoxy groups -OCH3 is 1. The Morgan fingerprint density at radius 2 is 2.08 bits per heavy atom. The summed E-state index contributed by atoms with van der Waals surface area (Å²) in [5.74, 6) is 2.02. The molecule has 0 saturated heterocycles. The van der Waals surface area contributed by atoms with E-state index in [1.165, 1.54) is 0 Å². The summed E-state index contributed by atoms with van der Waals surface area (Å²) < 4.78 is 10.3. The van der Waals surface area contributed by atoms with Crippen LogP contribution in [0.15, 0.2) is 29.3 Å². The number of carbonyl (C=O) groups is 1. The molecule has 1 aromatic rings.